The van der Waals surface area contributed by atoms with E-state index in [0.29, 0.717) is 34.7 Å². The highest BCUT2D eigenvalue weighted by Gasteiger charge is 2.57. The Hall–Kier alpha value is -3.07. The first kappa shape index (κ1) is 23.3. The molecule has 6 rings (SSSR count). The Morgan fingerprint density at radius 1 is 1.14 bits per heavy atom. The molecular formula is C26H22Cl2N4O3S. The number of aromatic carboxylic acids is 1. The number of carbonyl (C=O) groups is 2. The molecule has 2 aromatic carbocycles. The molecule has 1 aliphatic carbocycles. The molecule has 7 nitrogen and oxygen atoms in total. The van der Waals surface area contributed by atoms with E-state index in [0.717, 1.165) is 34.6 Å². The molecular weight excluding hydrogens is 519 g/mol. The van der Waals surface area contributed by atoms with Crippen LogP contribution in [0.3, 0.4) is 0 Å². The molecule has 3 atom stereocenters. The summed E-state index contributed by atoms with van der Waals surface area (Å²) in [6, 6.07) is 14.3. The summed E-state index contributed by atoms with van der Waals surface area (Å²) in [5.74, 6) is -0.636. The summed E-state index contributed by atoms with van der Waals surface area (Å²) in [7, 11) is 0. The average Bonchev–Trinajstić information content (AvgIpc) is 3.22. The number of carbonyl (C=O) groups excluding carboxylic acids is 1. The Balaban J connectivity index is 1.14. The minimum Gasteiger partial charge on any atom is -0.477 e. The van der Waals surface area contributed by atoms with Crippen molar-refractivity contribution >= 4 is 62.3 Å². The van der Waals surface area contributed by atoms with E-state index in [4.69, 9.17) is 28.2 Å². The van der Waals surface area contributed by atoms with Gasteiger partial charge in [0.25, 0.3) is 5.91 Å². The van der Waals surface area contributed by atoms with Crippen LogP contribution in [0.5, 0.6) is 0 Å². The van der Waals surface area contributed by atoms with E-state index in [-0.39, 0.29) is 27.5 Å². The molecule has 4 aromatic rings. The van der Waals surface area contributed by atoms with E-state index in [1.165, 1.54) is 11.3 Å². The third-order valence-corrected chi connectivity index (χ3v) is 9.20. The number of piperidine rings is 1. The maximum Gasteiger partial charge on any atom is 0.347 e. The zero-order chi connectivity index (χ0) is 25.1. The van der Waals surface area contributed by atoms with E-state index in [1.54, 1.807) is 6.92 Å². The van der Waals surface area contributed by atoms with Crippen LogP contribution in [0.1, 0.15) is 37.1 Å². The number of aryl methyl sites for hydroxylation is 1. The number of aromatic amines is 1. The number of nitrogens with zero attached hydrogens (tertiary/aromatic N) is 2. The minimum absolute atomic E-state index is 0.0585. The lowest BCUT2D eigenvalue weighted by Crippen LogP contribution is -2.34. The van der Waals surface area contributed by atoms with E-state index in [9.17, 15) is 14.7 Å². The summed E-state index contributed by atoms with van der Waals surface area (Å²) in [6.45, 7) is 3.20. The van der Waals surface area contributed by atoms with Crippen LogP contribution in [0.15, 0.2) is 42.5 Å². The number of H-pyrrole nitrogens is 1. The number of hydrogen-bond donors (Lipinski definition) is 3. The first-order valence-corrected chi connectivity index (χ1v) is 13.2. The molecule has 3 heterocycles. The standard InChI is InChI=1S/C26H22Cl2N4O3S/c1-12-19(27)20(28)22(29-12)24(33)31-21-16-10-32(11-17(16)21)26-30-18(23(36-26)25(34)35)9-13-6-7-14-4-2-3-5-15(14)8-13/h2-8,16-17,21,29H,9-11H2,1H3,(H,31,33)(H,34,35)/t16-,17+,21+. The molecule has 0 bridgehead atoms. The molecule has 184 valence electrons. The summed E-state index contributed by atoms with van der Waals surface area (Å²) < 4.78 is 0. The third-order valence-electron chi connectivity index (χ3n) is 7.11. The maximum absolute atomic E-state index is 12.7. The number of amides is 1. The van der Waals surface area contributed by atoms with Gasteiger partial charge < -0.3 is 20.3 Å². The molecule has 0 spiro atoms. The van der Waals surface area contributed by atoms with Crippen molar-refractivity contribution in [1.29, 1.82) is 0 Å². The second-order valence-corrected chi connectivity index (χ2v) is 11.2. The van der Waals surface area contributed by atoms with Crippen LogP contribution in [0.2, 0.25) is 10.0 Å². The van der Waals surface area contributed by atoms with Crippen LogP contribution in [-0.2, 0) is 6.42 Å². The summed E-state index contributed by atoms with van der Waals surface area (Å²) in [5, 5.41) is 16.4. The number of carboxylic acids is 1. The van der Waals surface area contributed by atoms with Gasteiger partial charge in [0.1, 0.15) is 10.6 Å². The molecule has 0 radical (unpaired) electrons. The van der Waals surface area contributed by atoms with Gasteiger partial charge in [-0.1, -0.05) is 77.0 Å². The zero-order valence-electron chi connectivity index (χ0n) is 19.2. The topological polar surface area (TPSA) is 98.3 Å². The largest absolute Gasteiger partial charge is 0.477 e. The fourth-order valence-corrected chi connectivity index (χ4v) is 6.51. The number of thiazole rings is 1. The number of nitrogens with one attached hydrogen (secondary N) is 2. The quantitative estimate of drug-likeness (QED) is 0.304. The molecule has 3 N–H and O–H groups in total. The molecule has 36 heavy (non-hydrogen) atoms. The molecule has 1 amide bonds. The summed E-state index contributed by atoms with van der Waals surface area (Å²) in [5.41, 5.74) is 2.55. The van der Waals surface area contributed by atoms with Gasteiger partial charge in [0.2, 0.25) is 0 Å². The predicted molar refractivity (Wildman–Crippen MR) is 142 cm³/mol. The number of anilines is 1. The normalized spacial score (nSPS) is 20.5. The minimum atomic E-state index is -0.958. The number of aromatic nitrogens is 2. The van der Waals surface area contributed by atoms with Gasteiger partial charge in [0, 0.05) is 43.1 Å². The maximum atomic E-state index is 12.7. The van der Waals surface area contributed by atoms with Crippen molar-refractivity contribution in [3.8, 4) is 0 Å². The molecule has 0 unspecified atom stereocenters. The third kappa shape index (κ3) is 4.03. The SMILES string of the molecule is Cc1[nH]c(C(=O)N[C@H]2[C@@H]3CN(c4nc(Cc5ccc6ccccc6c5)c(C(=O)O)s4)C[C@@H]32)c(Cl)c1Cl. The highest BCUT2D eigenvalue weighted by Crippen LogP contribution is 2.48. The first-order valence-electron chi connectivity index (χ1n) is 11.6. The molecule has 1 saturated carbocycles. The van der Waals surface area contributed by atoms with Crippen LogP contribution in [-0.4, -0.2) is 46.1 Å². The van der Waals surface area contributed by atoms with Crippen molar-refractivity contribution in [2.24, 2.45) is 11.8 Å². The van der Waals surface area contributed by atoms with Crippen LogP contribution in [0.4, 0.5) is 5.13 Å². The highest BCUT2D eigenvalue weighted by atomic mass is 35.5. The van der Waals surface area contributed by atoms with Crippen molar-refractivity contribution in [3.05, 3.63) is 80.0 Å². The van der Waals surface area contributed by atoms with Crippen molar-refractivity contribution in [1.82, 2.24) is 15.3 Å². The number of benzene rings is 2. The van der Waals surface area contributed by atoms with Crippen LogP contribution in [0.25, 0.3) is 10.8 Å². The average molecular weight is 541 g/mol. The van der Waals surface area contributed by atoms with Crippen molar-refractivity contribution in [2.45, 2.75) is 19.4 Å². The Bertz CT molecular complexity index is 1520. The molecule has 2 aliphatic rings. The Kier molecular flexibility index (Phi) is 5.70. The number of rotatable bonds is 6. The molecule has 1 aliphatic heterocycles. The zero-order valence-corrected chi connectivity index (χ0v) is 21.5. The molecule has 2 aromatic heterocycles. The monoisotopic (exact) mass is 540 g/mol. The predicted octanol–water partition coefficient (Wildman–Crippen LogP) is 5.39. The van der Waals surface area contributed by atoms with Crippen molar-refractivity contribution < 1.29 is 14.7 Å². The highest BCUT2D eigenvalue weighted by molar-refractivity contribution is 7.17. The van der Waals surface area contributed by atoms with Gasteiger partial charge in [-0.25, -0.2) is 9.78 Å². The molecule has 10 heteroatoms. The first-order chi connectivity index (χ1) is 17.3. The van der Waals surface area contributed by atoms with Gasteiger partial charge in [0.05, 0.1) is 15.7 Å². The fraction of sp³-hybridized carbons (Fsp3) is 0.269. The van der Waals surface area contributed by atoms with Crippen LogP contribution in [0, 0.1) is 18.8 Å². The summed E-state index contributed by atoms with van der Waals surface area (Å²) >= 11 is 13.5. The van der Waals surface area contributed by atoms with Gasteiger partial charge in [-0.15, -0.1) is 0 Å². The van der Waals surface area contributed by atoms with E-state index >= 15 is 0 Å². The summed E-state index contributed by atoms with van der Waals surface area (Å²) in [4.78, 5) is 34.7. The lowest BCUT2D eigenvalue weighted by molar-refractivity contribution is 0.0700. The van der Waals surface area contributed by atoms with E-state index in [2.05, 4.69) is 39.5 Å². The van der Waals surface area contributed by atoms with Crippen LogP contribution < -0.4 is 10.2 Å². The number of carboxylic acid groups (broad SMARTS) is 1. The van der Waals surface area contributed by atoms with E-state index in [1.807, 2.05) is 18.2 Å². The Morgan fingerprint density at radius 2 is 1.86 bits per heavy atom. The van der Waals surface area contributed by atoms with Gasteiger partial charge in [-0.05, 0) is 23.3 Å². The van der Waals surface area contributed by atoms with Gasteiger partial charge in [-0.3, -0.25) is 4.79 Å². The second-order valence-electron chi connectivity index (χ2n) is 9.42. The van der Waals surface area contributed by atoms with Crippen molar-refractivity contribution in [3.63, 3.8) is 0 Å². The summed E-state index contributed by atoms with van der Waals surface area (Å²) in [6.07, 6.45) is 0.460. The van der Waals surface area contributed by atoms with Gasteiger partial charge >= 0.3 is 5.97 Å². The molecule has 2 fully saturated rings. The Labute approximate surface area is 221 Å². The second kappa shape index (κ2) is 8.80. The van der Waals surface area contributed by atoms with Crippen LogP contribution >= 0.6 is 34.5 Å². The lowest BCUT2D eigenvalue weighted by atomic mass is 10.0. The smallest absolute Gasteiger partial charge is 0.347 e. The van der Waals surface area contributed by atoms with Gasteiger partial charge in [0.15, 0.2) is 5.13 Å². The Morgan fingerprint density at radius 3 is 2.53 bits per heavy atom. The number of hydrogen-bond acceptors (Lipinski definition) is 5. The number of fused-ring (bicyclic) bond motifs is 2. The van der Waals surface area contributed by atoms with Crippen molar-refractivity contribution in [2.75, 3.05) is 18.0 Å². The molecule has 1 saturated heterocycles. The van der Waals surface area contributed by atoms with Gasteiger partial charge in [-0.2, -0.15) is 0 Å². The lowest BCUT2D eigenvalue weighted by Gasteiger charge is -2.19. The van der Waals surface area contributed by atoms with E-state index < -0.39 is 5.97 Å². The fourth-order valence-electron chi connectivity index (χ4n) is 5.15. The number of halogens is 2.